The fraction of sp³-hybridized carbons (Fsp3) is 0.571. The maximum atomic E-state index is 5.07. The molecule has 0 bridgehead atoms. The molecule has 3 nitrogen and oxygen atoms in total. The predicted octanol–water partition coefficient (Wildman–Crippen LogP) is 2.27. The summed E-state index contributed by atoms with van der Waals surface area (Å²) < 4.78 is 5.07. The minimum absolute atomic E-state index is 0.527. The average molecular weight is 236 g/mol. The van der Waals surface area contributed by atoms with Crippen LogP contribution in [0.3, 0.4) is 0 Å². The van der Waals surface area contributed by atoms with Gasteiger partial charge in [-0.15, -0.1) is 0 Å². The van der Waals surface area contributed by atoms with Crippen molar-refractivity contribution in [1.29, 1.82) is 0 Å². The van der Waals surface area contributed by atoms with Gasteiger partial charge >= 0.3 is 0 Å². The van der Waals surface area contributed by atoms with Crippen molar-refractivity contribution < 1.29 is 4.74 Å². The van der Waals surface area contributed by atoms with Crippen LogP contribution in [0.4, 0.5) is 5.69 Å². The normalized spacial score (nSPS) is 10.9. The van der Waals surface area contributed by atoms with Gasteiger partial charge in [-0.05, 0) is 17.7 Å². The minimum Gasteiger partial charge on any atom is -0.383 e. The SMILES string of the molecule is COCCN(C)c1ccc(CNC(C)C)cc1. The third kappa shape index (κ3) is 5.20. The van der Waals surface area contributed by atoms with Gasteiger partial charge in [0.15, 0.2) is 0 Å². The van der Waals surface area contributed by atoms with E-state index in [9.17, 15) is 0 Å². The highest BCUT2D eigenvalue weighted by molar-refractivity contribution is 5.46. The van der Waals surface area contributed by atoms with Gasteiger partial charge in [0.25, 0.3) is 0 Å². The molecule has 0 aliphatic heterocycles. The highest BCUT2D eigenvalue weighted by Gasteiger charge is 2.00. The van der Waals surface area contributed by atoms with Gasteiger partial charge in [-0.3, -0.25) is 0 Å². The Kier molecular flexibility index (Phi) is 6.01. The van der Waals surface area contributed by atoms with E-state index in [1.807, 2.05) is 0 Å². The first kappa shape index (κ1) is 14.0. The third-order valence-electron chi connectivity index (χ3n) is 2.72. The molecule has 0 saturated heterocycles. The molecule has 0 saturated carbocycles. The number of likely N-dealkylation sites (N-methyl/N-ethyl adjacent to an activating group) is 1. The smallest absolute Gasteiger partial charge is 0.0637 e. The zero-order valence-corrected chi connectivity index (χ0v) is 11.4. The molecule has 0 radical (unpaired) electrons. The lowest BCUT2D eigenvalue weighted by Crippen LogP contribution is -2.23. The van der Waals surface area contributed by atoms with Crippen LogP contribution in [0.5, 0.6) is 0 Å². The first-order valence-electron chi connectivity index (χ1n) is 6.16. The largest absolute Gasteiger partial charge is 0.383 e. The van der Waals surface area contributed by atoms with E-state index >= 15 is 0 Å². The van der Waals surface area contributed by atoms with Crippen molar-refractivity contribution in [1.82, 2.24) is 5.32 Å². The van der Waals surface area contributed by atoms with Gasteiger partial charge in [-0.25, -0.2) is 0 Å². The van der Waals surface area contributed by atoms with E-state index in [4.69, 9.17) is 4.74 Å². The topological polar surface area (TPSA) is 24.5 Å². The molecule has 1 rings (SSSR count). The van der Waals surface area contributed by atoms with Gasteiger partial charge < -0.3 is 15.0 Å². The fourth-order valence-corrected chi connectivity index (χ4v) is 1.55. The standard InChI is InChI=1S/C14H24N2O/c1-12(2)15-11-13-5-7-14(8-6-13)16(3)9-10-17-4/h5-8,12,15H,9-11H2,1-4H3. The summed E-state index contributed by atoms with van der Waals surface area (Å²) in [6.45, 7) is 6.92. The van der Waals surface area contributed by atoms with E-state index in [-0.39, 0.29) is 0 Å². The van der Waals surface area contributed by atoms with Crippen LogP contribution in [0.15, 0.2) is 24.3 Å². The summed E-state index contributed by atoms with van der Waals surface area (Å²) in [6, 6.07) is 9.20. The number of ether oxygens (including phenoxy) is 1. The summed E-state index contributed by atoms with van der Waals surface area (Å²) in [7, 11) is 3.81. The molecule has 0 spiro atoms. The van der Waals surface area contributed by atoms with Crippen molar-refractivity contribution in [3.8, 4) is 0 Å². The molecular weight excluding hydrogens is 212 g/mol. The van der Waals surface area contributed by atoms with E-state index in [0.717, 1.165) is 19.7 Å². The number of rotatable bonds is 7. The monoisotopic (exact) mass is 236 g/mol. The second-order valence-electron chi connectivity index (χ2n) is 4.62. The Morgan fingerprint density at radius 2 is 1.88 bits per heavy atom. The number of hydrogen-bond donors (Lipinski definition) is 1. The van der Waals surface area contributed by atoms with Crippen molar-refractivity contribution in [3.05, 3.63) is 29.8 Å². The summed E-state index contributed by atoms with van der Waals surface area (Å²) in [5.74, 6) is 0. The van der Waals surface area contributed by atoms with Gasteiger partial charge in [-0.2, -0.15) is 0 Å². The first-order chi connectivity index (χ1) is 8.13. The zero-order chi connectivity index (χ0) is 12.7. The first-order valence-corrected chi connectivity index (χ1v) is 6.16. The molecule has 3 heteroatoms. The van der Waals surface area contributed by atoms with E-state index < -0.39 is 0 Å². The minimum atomic E-state index is 0.527. The van der Waals surface area contributed by atoms with Crippen LogP contribution in [0.1, 0.15) is 19.4 Å². The molecule has 0 aromatic heterocycles. The maximum absolute atomic E-state index is 5.07. The van der Waals surface area contributed by atoms with E-state index in [2.05, 4.69) is 55.4 Å². The number of hydrogen-bond acceptors (Lipinski definition) is 3. The Morgan fingerprint density at radius 1 is 1.24 bits per heavy atom. The Bertz CT molecular complexity index is 309. The van der Waals surface area contributed by atoms with Gasteiger partial charge in [-0.1, -0.05) is 26.0 Å². The van der Waals surface area contributed by atoms with Crippen LogP contribution in [0.25, 0.3) is 0 Å². The number of nitrogens with zero attached hydrogens (tertiary/aromatic N) is 1. The average Bonchev–Trinajstić information content (AvgIpc) is 2.34. The molecule has 1 aromatic rings. The molecular formula is C14H24N2O. The number of methoxy groups -OCH3 is 1. The second-order valence-corrected chi connectivity index (χ2v) is 4.62. The van der Waals surface area contributed by atoms with Crippen LogP contribution in [-0.4, -0.2) is 33.4 Å². The predicted molar refractivity (Wildman–Crippen MR) is 73.6 cm³/mol. The molecule has 0 aliphatic carbocycles. The number of nitrogens with one attached hydrogen (secondary N) is 1. The Hall–Kier alpha value is -1.06. The van der Waals surface area contributed by atoms with Crippen molar-refractivity contribution >= 4 is 5.69 Å². The number of benzene rings is 1. The molecule has 17 heavy (non-hydrogen) atoms. The quantitative estimate of drug-likeness (QED) is 0.786. The second kappa shape index (κ2) is 7.30. The lowest BCUT2D eigenvalue weighted by Gasteiger charge is -2.19. The maximum Gasteiger partial charge on any atom is 0.0637 e. The molecule has 1 aromatic carbocycles. The lowest BCUT2D eigenvalue weighted by molar-refractivity contribution is 0.206. The summed E-state index contributed by atoms with van der Waals surface area (Å²) in [5, 5.41) is 3.41. The van der Waals surface area contributed by atoms with Gasteiger partial charge in [0.05, 0.1) is 6.61 Å². The van der Waals surface area contributed by atoms with Crippen LogP contribution >= 0.6 is 0 Å². The van der Waals surface area contributed by atoms with Crippen LogP contribution in [0, 0.1) is 0 Å². The molecule has 0 unspecified atom stereocenters. The molecule has 96 valence electrons. The van der Waals surface area contributed by atoms with Gasteiger partial charge in [0.2, 0.25) is 0 Å². The molecule has 0 atom stereocenters. The van der Waals surface area contributed by atoms with Crippen molar-refractivity contribution in [3.63, 3.8) is 0 Å². The molecule has 0 fully saturated rings. The summed E-state index contributed by atoms with van der Waals surface area (Å²) in [6.07, 6.45) is 0. The fourth-order valence-electron chi connectivity index (χ4n) is 1.55. The van der Waals surface area contributed by atoms with Crippen molar-refractivity contribution in [2.75, 3.05) is 32.2 Å². The summed E-state index contributed by atoms with van der Waals surface area (Å²) >= 11 is 0. The third-order valence-corrected chi connectivity index (χ3v) is 2.72. The lowest BCUT2D eigenvalue weighted by atomic mass is 10.2. The van der Waals surface area contributed by atoms with Crippen LogP contribution in [0.2, 0.25) is 0 Å². The van der Waals surface area contributed by atoms with Crippen LogP contribution < -0.4 is 10.2 Å². The Morgan fingerprint density at radius 3 is 2.41 bits per heavy atom. The van der Waals surface area contributed by atoms with Crippen molar-refractivity contribution in [2.45, 2.75) is 26.4 Å². The summed E-state index contributed by atoms with van der Waals surface area (Å²) in [5.41, 5.74) is 2.55. The van der Waals surface area contributed by atoms with E-state index in [1.54, 1.807) is 7.11 Å². The molecule has 0 heterocycles. The van der Waals surface area contributed by atoms with Crippen LogP contribution in [-0.2, 0) is 11.3 Å². The Labute approximate surface area is 105 Å². The Balaban J connectivity index is 2.49. The van der Waals surface area contributed by atoms with E-state index in [0.29, 0.717) is 6.04 Å². The highest BCUT2D eigenvalue weighted by Crippen LogP contribution is 2.13. The van der Waals surface area contributed by atoms with Gasteiger partial charge in [0, 0.05) is 39.0 Å². The van der Waals surface area contributed by atoms with Gasteiger partial charge in [0.1, 0.15) is 0 Å². The molecule has 0 amide bonds. The van der Waals surface area contributed by atoms with Crippen molar-refractivity contribution in [2.24, 2.45) is 0 Å². The zero-order valence-electron chi connectivity index (χ0n) is 11.4. The number of anilines is 1. The molecule has 1 N–H and O–H groups in total. The molecule has 0 aliphatic rings. The highest BCUT2D eigenvalue weighted by atomic mass is 16.5. The summed E-state index contributed by atoms with van der Waals surface area (Å²) in [4.78, 5) is 2.20. The van der Waals surface area contributed by atoms with E-state index in [1.165, 1.54) is 11.3 Å².